The highest BCUT2D eigenvalue weighted by atomic mass is 35.5. The van der Waals surface area contributed by atoms with E-state index in [1.807, 2.05) is 0 Å². The monoisotopic (exact) mass is 459 g/mol. The SMILES string of the molecule is CCOC(=O)C(=O)CC(=O)c1cc(Oc2ccc(C(F)(F)F)cc2Cl)ccc1[N+](=O)[O-]. The van der Waals surface area contributed by atoms with Crippen molar-refractivity contribution in [2.75, 3.05) is 6.61 Å². The zero-order valence-corrected chi connectivity index (χ0v) is 16.5. The van der Waals surface area contributed by atoms with Gasteiger partial charge in [0.1, 0.15) is 11.5 Å². The summed E-state index contributed by atoms with van der Waals surface area (Å²) in [4.78, 5) is 45.8. The molecule has 0 atom stereocenters. The first-order chi connectivity index (χ1) is 14.4. The molecule has 0 aromatic heterocycles. The summed E-state index contributed by atoms with van der Waals surface area (Å²) in [6.07, 6.45) is -5.61. The summed E-state index contributed by atoms with van der Waals surface area (Å²) in [7, 11) is 0. The summed E-state index contributed by atoms with van der Waals surface area (Å²) >= 11 is 5.81. The van der Waals surface area contributed by atoms with Crippen LogP contribution >= 0.6 is 11.6 Å². The molecule has 2 rings (SSSR count). The highest BCUT2D eigenvalue weighted by molar-refractivity contribution is 6.38. The fraction of sp³-hybridized carbons (Fsp3) is 0.211. The lowest BCUT2D eigenvalue weighted by atomic mass is 10.0. The van der Waals surface area contributed by atoms with Crippen LogP contribution in [0.3, 0.4) is 0 Å². The molecule has 0 unspecified atom stereocenters. The van der Waals surface area contributed by atoms with Crippen LogP contribution in [-0.4, -0.2) is 29.1 Å². The van der Waals surface area contributed by atoms with Gasteiger partial charge in [0.2, 0.25) is 5.78 Å². The maximum atomic E-state index is 12.7. The van der Waals surface area contributed by atoms with E-state index in [4.69, 9.17) is 16.3 Å². The fourth-order valence-electron chi connectivity index (χ4n) is 2.37. The minimum absolute atomic E-state index is 0.101. The zero-order chi connectivity index (χ0) is 23.3. The van der Waals surface area contributed by atoms with Crippen molar-refractivity contribution in [3.8, 4) is 11.5 Å². The number of Topliss-reactive ketones (excluding diaryl/α,β-unsaturated/α-hetero) is 2. The number of esters is 1. The van der Waals surface area contributed by atoms with E-state index in [1.165, 1.54) is 6.92 Å². The minimum atomic E-state index is -4.62. The predicted molar refractivity (Wildman–Crippen MR) is 100 cm³/mol. The molecule has 0 saturated heterocycles. The van der Waals surface area contributed by atoms with Gasteiger partial charge in [-0.1, -0.05) is 11.6 Å². The summed E-state index contributed by atoms with van der Waals surface area (Å²) < 4.78 is 48.0. The third-order valence-corrected chi connectivity index (χ3v) is 4.07. The standard InChI is InChI=1S/C19H13ClF3NO7/c1-2-30-18(27)16(26)9-15(25)12-8-11(4-5-14(12)24(28)29)31-17-6-3-10(7-13(17)20)19(21,22)23/h3-8H,2,9H2,1H3. The lowest BCUT2D eigenvalue weighted by Gasteiger charge is -2.12. The predicted octanol–water partition coefficient (Wildman–Crippen LogP) is 4.76. The number of rotatable bonds is 8. The molecule has 164 valence electrons. The average Bonchev–Trinajstić information content (AvgIpc) is 2.68. The molecule has 2 aromatic carbocycles. The number of nitro groups is 1. The Morgan fingerprint density at radius 1 is 1.13 bits per heavy atom. The second-order valence-electron chi connectivity index (χ2n) is 5.92. The Bertz CT molecular complexity index is 1050. The zero-order valence-electron chi connectivity index (χ0n) is 15.7. The molecule has 0 radical (unpaired) electrons. The molecule has 0 aliphatic rings. The first-order valence-corrected chi connectivity index (χ1v) is 8.88. The van der Waals surface area contributed by atoms with Gasteiger partial charge in [0, 0.05) is 6.07 Å². The van der Waals surface area contributed by atoms with E-state index in [-0.39, 0.29) is 18.1 Å². The fourth-order valence-corrected chi connectivity index (χ4v) is 2.59. The van der Waals surface area contributed by atoms with E-state index in [0.29, 0.717) is 6.07 Å². The van der Waals surface area contributed by atoms with Crippen molar-refractivity contribution < 1.29 is 42.0 Å². The Labute approximate surface area is 177 Å². The molecular weight excluding hydrogens is 447 g/mol. The minimum Gasteiger partial charge on any atom is -0.460 e. The molecule has 0 N–H and O–H groups in total. The van der Waals surface area contributed by atoms with Gasteiger partial charge in [-0.2, -0.15) is 13.2 Å². The van der Waals surface area contributed by atoms with Crippen LogP contribution in [0.25, 0.3) is 0 Å². The molecule has 2 aromatic rings. The van der Waals surface area contributed by atoms with Gasteiger partial charge >= 0.3 is 12.1 Å². The molecular formula is C19H13ClF3NO7. The highest BCUT2D eigenvalue weighted by Gasteiger charge is 2.31. The summed E-state index contributed by atoms with van der Waals surface area (Å²) in [5.74, 6) is -3.88. The van der Waals surface area contributed by atoms with E-state index in [9.17, 15) is 37.7 Å². The molecule has 0 aliphatic carbocycles. The smallest absolute Gasteiger partial charge is 0.416 e. The van der Waals surface area contributed by atoms with Gasteiger partial charge in [0.15, 0.2) is 5.78 Å². The topological polar surface area (TPSA) is 113 Å². The van der Waals surface area contributed by atoms with Crippen LogP contribution in [0.4, 0.5) is 18.9 Å². The number of halogens is 4. The number of nitro benzene ring substituents is 1. The van der Waals surface area contributed by atoms with Crippen LogP contribution in [0.15, 0.2) is 36.4 Å². The number of ether oxygens (including phenoxy) is 2. The van der Waals surface area contributed by atoms with Gasteiger partial charge in [-0.3, -0.25) is 19.7 Å². The van der Waals surface area contributed by atoms with Crippen molar-refractivity contribution in [1.29, 1.82) is 0 Å². The largest absolute Gasteiger partial charge is 0.460 e. The Kier molecular flexibility index (Phi) is 7.34. The van der Waals surface area contributed by atoms with E-state index in [1.54, 1.807) is 0 Å². The number of nitrogens with zero attached hydrogens (tertiary/aromatic N) is 1. The quantitative estimate of drug-likeness (QED) is 0.140. The number of alkyl halides is 3. The maximum absolute atomic E-state index is 12.7. The van der Waals surface area contributed by atoms with Crippen molar-refractivity contribution >= 4 is 34.8 Å². The Hall–Kier alpha value is -3.47. The van der Waals surface area contributed by atoms with Crippen LogP contribution < -0.4 is 4.74 Å². The van der Waals surface area contributed by atoms with Crippen molar-refractivity contribution in [2.24, 2.45) is 0 Å². The number of carbonyl (C=O) groups excluding carboxylic acids is 3. The van der Waals surface area contributed by atoms with Crippen molar-refractivity contribution in [3.05, 3.63) is 62.7 Å². The second-order valence-corrected chi connectivity index (χ2v) is 6.33. The van der Waals surface area contributed by atoms with Crippen LogP contribution in [0.5, 0.6) is 11.5 Å². The average molecular weight is 460 g/mol. The number of carbonyl (C=O) groups is 3. The molecule has 0 heterocycles. The van der Waals surface area contributed by atoms with Crippen LogP contribution in [-0.2, 0) is 20.5 Å². The second kappa shape index (κ2) is 9.56. The molecule has 0 amide bonds. The molecule has 0 bridgehead atoms. The number of ketones is 2. The third kappa shape index (κ3) is 6.01. The van der Waals surface area contributed by atoms with Crippen molar-refractivity contribution in [3.63, 3.8) is 0 Å². The summed E-state index contributed by atoms with van der Waals surface area (Å²) in [5, 5.41) is 10.8. The number of hydrogen-bond donors (Lipinski definition) is 0. The molecule has 31 heavy (non-hydrogen) atoms. The highest BCUT2D eigenvalue weighted by Crippen LogP contribution is 2.37. The van der Waals surface area contributed by atoms with Crippen LogP contribution in [0.2, 0.25) is 5.02 Å². The number of hydrogen-bond acceptors (Lipinski definition) is 7. The summed E-state index contributed by atoms with van der Waals surface area (Å²) in [6.45, 7) is 1.35. The molecule has 12 heteroatoms. The Balaban J connectivity index is 2.33. The first kappa shape index (κ1) is 23.8. The lowest BCUT2D eigenvalue weighted by molar-refractivity contribution is -0.385. The van der Waals surface area contributed by atoms with Gasteiger partial charge in [-0.25, -0.2) is 4.79 Å². The molecule has 0 fully saturated rings. The van der Waals surface area contributed by atoms with Gasteiger partial charge in [-0.15, -0.1) is 0 Å². The van der Waals surface area contributed by atoms with Gasteiger partial charge in [-0.05, 0) is 37.3 Å². The van der Waals surface area contributed by atoms with Gasteiger partial charge < -0.3 is 9.47 Å². The van der Waals surface area contributed by atoms with Gasteiger partial charge in [0.25, 0.3) is 5.69 Å². The third-order valence-electron chi connectivity index (χ3n) is 3.78. The lowest BCUT2D eigenvalue weighted by Crippen LogP contribution is -2.21. The Morgan fingerprint density at radius 3 is 2.35 bits per heavy atom. The van der Waals surface area contributed by atoms with E-state index in [2.05, 4.69) is 4.74 Å². The van der Waals surface area contributed by atoms with Crippen LogP contribution in [0, 0.1) is 10.1 Å². The molecule has 8 nitrogen and oxygen atoms in total. The normalized spacial score (nSPS) is 11.0. The van der Waals surface area contributed by atoms with Crippen LogP contribution in [0.1, 0.15) is 29.3 Å². The van der Waals surface area contributed by atoms with E-state index < -0.39 is 56.9 Å². The molecule has 0 aliphatic heterocycles. The Morgan fingerprint density at radius 2 is 1.81 bits per heavy atom. The summed E-state index contributed by atoms with van der Waals surface area (Å²) in [5.41, 5.74) is -2.21. The van der Waals surface area contributed by atoms with Crippen molar-refractivity contribution in [1.82, 2.24) is 0 Å². The van der Waals surface area contributed by atoms with E-state index >= 15 is 0 Å². The number of benzene rings is 2. The van der Waals surface area contributed by atoms with E-state index in [0.717, 1.165) is 30.3 Å². The molecule has 0 saturated carbocycles. The first-order valence-electron chi connectivity index (χ1n) is 8.50. The van der Waals surface area contributed by atoms with Gasteiger partial charge in [0.05, 0.1) is 34.1 Å². The molecule has 0 spiro atoms. The van der Waals surface area contributed by atoms with Crippen molar-refractivity contribution in [2.45, 2.75) is 19.5 Å². The maximum Gasteiger partial charge on any atom is 0.416 e. The summed E-state index contributed by atoms with van der Waals surface area (Å²) in [6, 6.07) is 5.22.